The summed E-state index contributed by atoms with van der Waals surface area (Å²) in [5.74, 6) is -0.0755. The fraction of sp³-hybridized carbons (Fsp3) is 0.692. The molecule has 0 spiro atoms. The maximum absolute atomic E-state index is 11.3. The number of fused-ring (bicyclic) bond motifs is 1. The van der Waals surface area contributed by atoms with Crippen molar-refractivity contribution in [3.8, 4) is 0 Å². The number of hydrogen-bond acceptors (Lipinski definition) is 4. The molecule has 1 aromatic rings. The molecule has 6 heteroatoms. The lowest BCUT2D eigenvalue weighted by molar-refractivity contribution is -0.121. The number of rotatable bonds is 5. The Bertz CT molecular complexity index is 397. The molecule has 0 radical (unpaired) electrons. The predicted octanol–water partition coefficient (Wildman–Crippen LogP) is 1.84. The highest BCUT2D eigenvalue weighted by molar-refractivity contribution is 7.11. The Labute approximate surface area is 124 Å². The first-order chi connectivity index (χ1) is 8.66. The van der Waals surface area contributed by atoms with E-state index in [0.29, 0.717) is 6.54 Å². The minimum atomic E-state index is -0.419. The molecule has 2 rings (SSSR count). The summed E-state index contributed by atoms with van der Waals surface area (Å²) in [4.78, 5) is 17.4. The lowest BCUT2D eigenvalue weighted by Gasteiger charge is -2.06. The SMILES string of the molecule is C[C@H](N)C(=O)NCCCc1nc2c(s1)CCCC2.Cl. The van der Waals surface area contributed by atoms with Gasteiger partial charge in [-0.1, -0.05) is 0 Å². The fourth-order valence-electron chi connectivity index (χ4n) is 2.12. The van der Waals surface area contributed by atoms with Crippen molar-refractivity contribution in [1.82, 2.24) is 10.3 Å². The van der Waals surface area contributed by atoms with Gasteiger partial charge in [-0.3, -0.25) is 4.79 Å². The molecule has 108 valence electrons. The normalized spacial score (nSPS) is 15.3. The molecule has 0 bridgehead atoms. The number of hydrogen-bond donors (Lipinski definition) is 2. The topological polar surface area (TPSA) is 68.0 Å². The number of halogens is 1. The highest BCUT2D eigenvalue weighted by atomic mass is 35.5. The second kappa shape index (κ2) is 7.82. The van der Waals surface area contributed by atoms with Crippen LogP contribution in [0.1, 0.15) is 41.8 Å². The van der Waals surface area contributed by atoms with Crippen molar-refractivity contribution in [3.05, 3.63) is 15.6 Å². The second-order valence-electron chi connectivity index (χ2n) is 4.87. The molecule has 3 N–H and O–H groups in total. The van der Waals surface area contributed by atoms with Gasteiger partial charge in [0.25, 0.3) is 0 Å². The molecule has 0 saturated heterocycles. The van der Waals surface area contributed by atoms with Crippen LogP contribution < -0.4 is 11.1 Å². The van der Waals surface area contributed by atoms with Crippen LogP contribution in [0, 0.1) is 0 Å². The van der Waals surface area contributed by atoms with Gasteiger partial charge in [-0.2, -0.15) is 0 Å². The first-order valence-electron chi connectivity index (χ1n) is 6.67. The van der Waals surface area contributed by atoms with Crippen LogP contribution in [0.4, 0.5) is 0 Å². The van der Waals surface area contributed by atoms with Gasteiger partial charge in [0.05, 0.1) is 16.7 Å². The average molecular weight is 304 g/mol. The third kappa shape index (κ3) is 4.75. The molecule has 0 aliphatic heterocycles. The summed E-state index contributed by atoms with van der Waals surface area (Å²) in [7, 11) is 0. The van der Waals surface area contributed by atoms with Crippen molar-refractivity contribution < 1.29 is 4.79 Å². The maximum atomic E-state index is 11.3. The highest BCUT2D eigenvalue weighted by Crippen LogP contribution is 2.27. The molecule has 0 saturated carbocycles. The first kappa shape index (κ1) is 16.4. The van der Waals surface area contributed by atoms with Gasteiger partial charge in [-0.05, 0) is 39.0 Å². The maximum Gasteiger partial charge on any atom is 0.236 e. The number of carbonyl (C=O) groups excluding carboxylic acids is 1. The Kier molecular flexibility index (Phi) is 6.75. The Morgan fingerprint density at radius 1 is 1.47 bits per heavy atom. The molecule has 1 aromatic heterocycles. The summed E-state index contributed by atoms with van der Waals surface area (Å²) in [6.45, 7) is 2.38. The molecular weight excluding hydrogens is 282 g/mol. The van der Waals surface area contributed by atoms with E-state index in [2.05, 4.69) is 10.3 Å². The Hall–Kier alpha value is -0.650. The van der Waals surface area contributed by atoms with Crippen molar-refractivity contribution in [3.63, 3.8) is 0 Å². The number of aryl methyl sites for hydroxylation is 3. The van der Waals surface area contributed by atoms with E-state index in [9.17, 15) is 4.79 Å². The van der Waals surface area contributed by atoms with E-state index in [-0.39, 0.29) is 18.3 Å². The zero-order valence-electron chi connectivity index (χ0n) is 11.3. The van der Waals surface area contributed by atoms with Crippen molar-refractivity contribution in [2.45, 2.75) is 51.5 Å². The Morgan fingerprint density at radius 3 is 2.89 bits per heavy atom. The highest BCUT2D eigenvalue weighted by Gasteiger charge is 2.14. The van der Waals surface area contributed by atoms with Gasteiger partial charge in [0.15, 0.2) is 0 Å². The van der Waals surface area contributed by atoms with Crippen LogP contribution in [0.3, 0.4) is 0 Å². The minimum absolute atomic E-state index is 0. The lowest BCUT2D eigenvalue weighted by atomic mass is 10.0. The van der Waals surface area contributed by atoms with E-state index >= 15 is 0 Å². The van der Waals surface area contributed by atoms with Gasteiger partial charge in [0.2, 0.25) is 5.91 Å². The third-order valence-corrected chi connectivity index (χ3v) is 4.39. The van der Waals surface area contributed by atoms with E-state index in [1.54, 1.807) is 6.92 Å². The van der Waals surface area contributed by atoms with Gasteiger partial charge in [0, 0.05) is 17.8 Å². The predicted molar refractivity (Wildman–Crippen MR) is 81.0 cm³/mol. The summed E-state index contributed by atoms with van der Waals surface area (Å²) in [6, 6.07) is -0.419. The molecule has 4 nitrogen and oxygen atoms in total. The van der Waals surface area contributed by atoms with Crippen LogP contribution in [-0.4, -0.2) is 23.5 Å². The fourth-order valence-corrected chi connectivity index (χ4v) is 3.32. The van der Waals surface area contributed by atoms with Gasteiger partial charge in [-0.25, -0.2) is 4.98 Å². The van der Waals surface area contributed by atoms with Crippen LogP contribution in [0.5, 0.6) is 0 Å². The van der Waals surface area contributed by atoms with E-state index in [0.717, 1.165) is 19.3 Å². The summed E-state index contributed by atoms with van der Waals surface area (Å²) < 4.78 is 0. The zero-order valence-corrected chi connectivity index (χ0v) is 12.9. The number of thiazole rings is 1. The van der Waals surface area contributed by atoms with Gasteiger partial charge in [-0.15, -0.1) is 23.7 Å². The summed E-state index contributed by atoms with van der Waals surface area (Å²) in [5.41, 5.74) is 6.79. The molecule has 1 aliphatic rings. The number of nitrogens with one attached hydrogen (secondary N) is 1. The molecule has 19 heavy (non-hydrogen) atoms. The minimum Gasteiger partial charge on any atom is -0.355 e. The molecule has 1 atom stereocenters. The van der Waals surface area contributed by atoms with Crippen molar-refractivity contribution >= 4 is 29.7 Å². The molecule has 0 unspecified atom stereocenters. The van der Waals surface area contributed by atoms with Crippen LogP contribution in [0.25, 0.3) is 0 Å². The molecular formula is C13H22ClN3OS. The number of carbonyl (C=O) groups is 1. The standard InChI is InChI=1S/C13H21N3OS.ClH/c1-9(14)13(17)15-8-4-7-12-16-10-5-2-3-6-11(10)18-12;/h9H,2-8,14H2,1H3,(H,15,17);1H/t9-;/m0./s1. The van der Waals surface area contributed by atoms with Crippen molar-refractivity contribution in [2.75, 3.05) is 6.54 Å². The van der Waals surface area contributed by atoms with Crippen LogP contribution in [-0.2, 0) is 24.1 Å². The van der Waals surface area contributed by atoms with Crippen molar-refractivity contribution in [1.29, 1.82) is 0 Å². The van der Waals surface area contributed by atoms with Gasteiger partial charge < -0.3 is 11.1 Å². The molecule has 0 fully saturated rings. The average Bonchev–Trinajstić information content (AvgIpc) is 2.76. The second-order valence-corrected chi connectivity index (χ2v) is 6.04. The summed E-state index contributed by atoms with van der Waals surface area (Å²) in [5, 5.41) is 4.05. The monoisotopic (exact) mass is 303 g/mol. The van der Waals surface area contributed by atoms with E-state index in [1.165, 1.54) is 34.8 Å². The third-order valence-electron chi connectivity index (χ3n) is 3.17. The number of aromatic nitrogens is 1. The summed E-state index contributed by atoms with van der Waals surface area (Å²) >= 11 is 1.85. The number of nitrogens with two attached hydrogens (primary N) is 1. The molecule has 1 heterocycles. The van der Waals surface area contributed by atoms with Crippen LogP contribution in [0.15, 0.2) is 0 Å². The van der Waals surface area contributed by atoms with E-state index < -0.39 is 6.04 Å². The van der Waals surface area contributed by atoms with Gasteiger partial charge >= 0.3 is 0 Å². The largest absolute Gasteiger partial charge is 0.355 e. The Balaban J connectivity index is 0.00000180. The molecule has 1 amide bonds. The number of nitrogens with zero attached hydrogens (tertiary/aromatic N) is 1. The molecule has 0 aromatic carbocycles. The lowest BCUT2D eigenvalue weighted by Crippen LogP contribution is -2.38. The smallest absolute Gasteiger partial charge is 0.236 e. The zero-order chi connectivity index (χ0) is 13.0. The first-order valence-corrected chi connectivity index (χ1v) is 7.49. The van der Waals surface area contributed by atoms with Crippen LogP contribution >= 0.6 is 23.7 Å². The molecule has 1 aliphatic carbocycles. The summed E-state index contributed by atoms with van der Waals surface area (Å²) in [6.07, 6.45) is 6.82. The quantitative estimate of drug-likeness (QED) is 0.816. The van der Waals surface area contributed by atoms with Crippen LogP contribution in [0.2, 0.25) is 0 Å². The van der Waals surface area contributed by atoms with Crippen molar-refractivity contribution in [2.24, 2.45) is 5.73 Å². The Morgan fingerprint density at radius 2 is 2.21 bits per heavy atom. The van der Waals surface area contributed by atoms with E-state index in [4.69, 9.17) is 5.73 Å². The number of amides is 1. The van der Waals surface area contributed by atoms with Gasteiger partial charge in [0.1, 0.15) is 0 Å². The van der Waals surface area contributed by atoms with E-state index in [1.807, 2.05) is 11.3 Å².